The van der Waals surface area contributed by atoms with Crippen LogP contribution in [0.2, 0.25) is 0 Å². The maximum Gasteiger partial charge on any atom is 0.303 e. The van der Waals surface area contributed by atoms with E-state index in [9.17, 15) is 13.2 Å². The van der Waals surface area contributed by atoms with Gasteiger partial charge in [0.25, 0.3) is 10.0 Å². The summed E-state index contributed by atoms with van der Waals surface area (Å²) in [6.07, 6.45) is 6.55. The van der Waals surface area contributed by atoms with Gasteiger partial charge in [0.05, 0.1) is 4.90 Å². The van der Waals surface area contributed by atoms with Crippen molar-refractivity contribution >= 4 is 38.0 Å². The van der Waals surface area contributed by atoms with E-state index in [1.807, 2.05) is 48.5 Å². The number of pyridine rings is 1. The van der Waals surface area contributed by atoms with Gasteiger partial charge in [0.2, 0.25) is 0 Å². The number of aliphatic carboxylic acids is 1. The van der Waals surface area contributed by atoms with Gasteiger partial charge in [-0.15, -0.1) is 0 Å². The third kappa shape index (κ3) is 5.68. The summed E-state index contributed by atoms with van der Waals surface area (Å²) in [7, 11) is -3.79. The van der Waals surface area contributed by atoms with Crippen LogP contribution in [0, 0.1) is 0 Å². The van der Waals surface area contributed by atoms with Crippen LogP contribution < -0.4 is 4.72 Å². The maximum atomic E-state index is 13.1. The van der Waals surface area contributed by atoms with Crippen molar-refractivity contribution in [1.29, 1.82) is 0 Å². The zero-order valence-electron chi connectivity index (χ0n) is 18.4. The van der Waals surface area contributed by atoms with Crippen molar-refractivity contribution in [2.24, 2.45) is 0 Å². The van der Waals surface area contributed by atoms with Gasteiger partial charge in [0.1, 0.15) is 0 Å². The molecule has 0 bridgehead atoms. The number of aromatic nitrogens is 1. The lowest BCUT2D eigenvalue weighted by Gasteiger charge is -2.13. The molecule has 0 aliphatic heterocycles. The highest BCUT2D eigenvalue weighted by Gasteiger charge is 2.16. The van der Waals surface area contributed by atoms with Gasteiger partial charge in [-0.25, -0.2) is 8.42 Å². The van der Waals surface area contributed by atoms with Crippen molar-refractivity contribution in [1.82, 2.24) is 4.98 Å². The average molecular weight is 473 g/mol. The number of anilines is 1. The minimum atomic E-state index is -3.79. The second kappa shape index (κ2) is 10.3. The summed E-state index contributed by atoms with van der Waals surface area (Å²) in [6.45, 7) is 0. The smallest absolute Gasteiger partial charge is 0.303 e. The Hall–Kier alpha value is -3.97. The molecule has 0 spiro atoms. The van der Waals surface area contributed by atoms with Gasteiger partial charge >= 0.3 is 5.97 Å². The molecule has 0 aliphatic carbocycles. The van der Waals surface area contributed by atoms with Crippen molar-refractivity contribution in [2.45, 2.75) is 24.2 Å². The number of nitrogens with zero attached hydrogens (tertiary/aromatic N) is 1. The van der Waals surface area contributed by atoms with Gasteiger partial charge < -0.3 is 5.11 Å². The molecule has 4 rings (SSSR count). The van der Waals surface area contributed by atoms with Gasteiger partial charge in [0.15, 0.2) is 0 Å². The molecule has 4 aromatic rings. The molecule has 7 heteroatoms. The van der Waals surface area contributed by atoms with Gasteiger partial charge in [-0.3, -0.25) is 14.5 Å². The standard InChI is InChI=1S/C27H24N2O4S/c30-27(31)13-4-3-12-26(23-10-6-16-28-19-23)22-9-5-11-24(17-22)29-34(32,33)25-15-14-20-7-1-2-8-21(20)18-25/h1-2,5-12,14-19,29H,3-4,13H2,(H,30,31). The van der Waals surface area contributed by atoms with Crippen molar-refractivity contribution in [3.8, 4) is 0 Å². The number of benzene rings is 3. The first-order valence-electron chi connectivity index (χ1n) is 10.9. The van der Waals surface area contributed by atoms with Gasteiger partial charge in [-0.1, -0.05) is 54.6 Å². The van der Waals surface area contributed by atoms with Crippen LogP contribution in [0.3, 0.4) is 0 Å². The van der Waals surface area contributed by atoms with E-state index in [4.69, 9.17) is 5.11 Å². The Kier molecular flexibility index (Phi) is 7.04. The van der Waals surface area contributed by atoms with Gasteiger partial charge in [0, 0.05) is 30.1 Å². The topological polar surface area (TPSA) is 96.4 Å². The normalized spacial score (nSPS) is 11.9. The molecule has 0 saturated carbocycles. The van der Waals surface area contributed by atoms with Crippen LogP contribution in [-0.2, 0) is 14.8 Å². The Balaban J connectivity index is 1.63. The lowest BCUT2D eigenvalue weighted by Crippen LogP contribution is -2.13. The number of fused-ring (bicyclic) bond motifs is 1. The maximum absolute atomic E-state index is 13.1. The minimum absolute atomic E-state index is 0.0857. The summed E-state index contributed by atoms with van der Waals surface area (Å²) in [5, 5.41) is 10.7. The number of allylic oxidation sites excluding steroid dienone is 1. The number of hydrogen-bond acceptors (Lipinski definition) is 4. The monoisotopic (exact) mass is 472 g/mol. The second-order valence-corrected chi connectivity index (χ2v) is 9.52. The van der Waals surface area contributed by atoms with E-state index in [1.165, 1.54) is 0 Å². The third-order valence-electron chi connectivity index (χ3n) is 5.37. The van der Waals surface area contributed by atoms with Crippen molar-refractivity contribution < 1.29 is 18.3 Å². The molecule has 1 aromatic heterocycles. The zero-order valence-corrected chi connectivity index (χ0v) is 19.2. The molecule has 0 aliphatic rings. The van der Waals surface area contributed by atoms with Crippen LogP contribution in [0.5, 0.6) is 0 Å². The first kappa shape index (κ1) is 23.2. The van der Waals surface area contributed by atoms with Crippen molar-refractivity contribution in [2.75, 3.05) is 4.72 Å². The summed E-state index contributed by atoms with van der Waals surface area (Å²) in [5.74, 6) is -0.832. The molecule has 1 heterocycles. The predicted molar refractivity (Wildman–Crippen MR) is 134 cm³/mol. The van der Waals surface area contributed by atoms with Crippen molar-refractivity contribution in [3.05, 3.63) is 108 Å². The van der Waals surface area contributed by atoms with Gasteiger partial charge in [-0.05, 0) is 65.1 Å². The van der Waals surface area contributed by atoms with Crippen molar-refractivity contribution in [3.63, 3.8) is 0 Å². The SMILES string of the molecule is O=C(O)CCCC=C(c1cccnc1)c1cccc(NS(=O)(=O)c2ccc3ccccc3c2)c1. The van der Waals surface area contributed by atoms with Crippen LogP contribution in [-0.4, -0.2) is 24.5 Å². The molecule has 0 unspecified atom stereocenters. The van der Waals surface area contributed by atoms with Crippen LogP contribution in [0.25, 0.3) is 16.3 Å². The fourth-order valence-electron chi connectivity index (χ4n) is 3.72. The van der Waals surface area contributed by atoms with E-state index in [-0.39, 0.29) is 11.3 Å². The Morgan fingerprint density at radius 1 is 0.912 bits per heavy atom. The molecule has 34 heavy (non-hydrogen) atoms. The summed E-state index contributed by atoms with van der Waals surface area (Å²) in [6, 6.07) is 23.5. The molecule has 0 fully saturated rings. The molecule has 172 valence electrons. The number of sulfonamides is 1. The number of carboxylic acids is 1. The molecule has 0 atom stereocenters. The lowest BCUT2D eigenvalue weighted by molar-refractivity contribution is -0.137. The molecule has 6 nitrogen and oxygen atoms in total. The Morgan fingerprint density at radius 2 is 1.71 bits per heavy atom. The summed E-state index contributed by atoms with van der Waals surface area (Å²) in [5.41, 5.74) is 2.98. The van der Waals surface area contributed by atoms with E-state index in [2.05, 4.69) is 9.71 Å². The van der Waals surface area contributed by atoms with Gasteiger partial charge in [-0.2, -0.15) is 0 Å². The highest BCUT2D eigenvalue weighted by molar-refractivity contribution is 7.92. The number of unbranched alkanes of at least 4 members (excludes halogenated alkanes) is 1. The Labute approximate surface area is 198 Å². The predicted octanol–water partition coefficient (Wildman–Crippen LogP) is 5.72. The Morgan fingerprint density at radius 3 is 2.47 bits per heavy atom. The fraction of sp³-hybridized carbons (Fsp3) is 0.111. The highest BCUT2D eigenvalue weighted by Crippen LogP contribution is 2.28. The zero-order chi connectivity index (χ0) is 24.0. The van der Waals surface area contributed by atoms with E-state index in [1.54, 1.807) is 48.8 Å². The molecule has 0 saturated heterocycles. The lowest BCUT2D eigenvalue weighted by atomic mass is 9.97. The average Bonchev–Trinajstić information content (AvgIpc) is 2.84. The number of hydrogen-bond donors (Lipinski definition) is 2. The first-order chi connectivity index (χ1) is 16.4. The molecule has 2 N–H and O–H groups in total. The summed E-state index contributed by atoms with van der Waals surface area (Å²) >= 11 is 0. The molecule has 0 amide bonds. The van der Waals surface area contributed by atoms with Crippen LogP contribution in [0.4, 0.5) is 5.69 Å². The molecular weight excluding hydrogens is 448 g/mol. The number of carboxylic acid groups (broad SMARTS) is 1. The summed E-state index contributed by atoms with van der Waals surface area (Å²) in [4.78, 5) is 15.2. The Bertz CT molecular complexity index is 1450. The van der Waals surface area contributed by atoms with E-state index >= 15 is 0 Å². The second-order valence-electron chi connectivity index (χ2n) is 7.84. The summed E-state index contributed by atoms with van der Waals surface area (Å²) < 4.78 is 28.8. The third-order valence-corrected chi connectivity index (χ3v) is 6.75. The van der Waals surface area contributed by atoms with Crippen LogP contribution in [0.1, 0.15) is 30.4 Å². The highest BCUT2D eigenvalue weighted by atomic mass is 32.2. The first-order valence-corrected chi connectivity index (χ1v) is 12.4. The fourth-order valence-corrected chi connectivity index (χ4v) is 4.81. The molecular formula is C27H24N2O4S. The van der Waals surface area contributed by atoms with Crippen LogP contribution >= 0.6 is 0 Å². The van der Waals surface area contributed by atoms with Crippen LogP contribution in [0.15, 0.2) is 102 Å². The largest absolute Gasteiger partial charge is 0.481 e. The minimum Gasteiger partial charge on any atom is -0.481 e. The molecule has 3 aromatic carbocycles. The number of rotatable bonds is 9. The number of nitrogens with one attached hydrogen (secondary N) is 1. The van der Waals surface area contributed by atoms with E-state index < -0.39 is 16.0 Å². The van der Waals surface area contributed by atoms with E-state index in [0.717, 1.165) is 27.5 Å². The van der Waals surface area contributed by atoms with E-state index in [0.29, 0.717) is 18.5 Å². The quantitative estimate of drug-likeness (QED) is 0.304. The molecule has 0 radical (unpaired) electrons. The number of carbonyl (C=O) groups is 1.